The van der Waals surface area contributed by atoms with E-state index < -0.39 is 4.92 Å². The first-order valence-corrected chi connectivity index (χ1v) is 8.25. The molecule has 0 spiro atoms. The summed E-state index contributed by atoms with van der Waals surface area (Å²) in [6.07, 6.45) is 6.04. The van der Waals surface area contributed by atoms with Crippen LogP contribution in [0.4, 0.5) is 11.6 Å². The van der Waals surface area contributed by atoms with Gasteiger partial charge in [-0.3, -0.25) is 20.5 Å². The highest BCUT2D eigenvalue weighted by molar-refractivity contribution is 7.80. The van der Waals surface area contributed by atoms with Crippen molar-refractivity contribution in [2.24, 2.45) is 5.73 Å². The van der Waals surface area contributed by atoms with Crippen molar-refractivity contribution in [1.82, 2.24) is 11.0 Å². The van der Waals surface area contributed by atoms with Crippen LogP contribution in [0.1, 0.15) is 11.3 Å². The smallest absolute Gasteiger partial charge is 0.401 e. The van der Waals surface area contributed by atoms with Crippen LogP contribution in [0.15, 0.2) is 52.6 Å². The molecule has 4 N–H and O–H groups in total. The van der Waals surface area contributed by atoms with Gasteiger partial charge in [-0.1, -0.05) is 23.7 Å². The van der Waals surface area contributed by atoms with Crippen LogP contribution in [0, 0.1) is 10.1 Å². The summed E-state index contributed by atoms with van der Waals surface area (Å²) in [5.74, 6) is 0.0428. The molecule has 0 aliphatic carbocycles. The van der Waals surface area contributed by atoms with Crippen molar-refractivity contribution in [2.45, 2.75) is 6.42 Å². The number of hydrogen-bond acceptors (Lipinski definition) is 6. The van der Waals surface area contributed by atoms with Gasteiger partial charge in [0.2, 0.25) is 0 Å². The fourth-order valence-corrected chi connectivity index (χ4v) is 2.65. The molecule has 27 heavy (non-hydrogen) atoms. The van der Waals surface area contributed by atoms with Crippen LogP contribution >= 0.6 is 36.2 Å². The predicted octanol–water partition coefficient (Wildman–Crippen LogP) is 3.48. The summed E-state index contributed by atoms with van der Waals surface area (Å²) in [6, 6.07) is 8.38. The minimum atomic E-state index is -0.588. The Morgan fingerprint density at radius 1 is 1.37 bits per heavy atom. The van der Waals surface area contributed by atoms with Crippen LogP contribution in [-0.2, 0) is 6.42 Å². The molecule has 1 aromatic carbocycles. The van der Waals surface area contributed by atoms with E-state index in [-0.39, 0.29) is 23.4 Å². The minimum Gasteiger partial charge on any atom is -0.401 e. The Hall–Kier alpha value is -2.59. The zero-order valence-electron chi connectivity index (χ0n) is 13.7. The summed E-state index contributed by atoms with van der Waals surface area (Å²) in [6.45, 7) is 0. The number of hydrazine groups is 2. The summed E-state index contributed by atoms with van der Waals surface area (Å²) in [4.78, 5) is 10.1. The highest BCUT2D eigenvalue weighted by atomic mass is 35.5. The topological polar surface area (TPSA) is 110 Å². The van der Waals surface area contributed by atoms with E-state index in [1.54, 1.807) is 17.2 Å². The van der Waals surface area contributed by atoms with Gasteiger partial charge < -0.3 is 10.2 Å². The van der Waals surface area contributed by atoms with E-state index in [1.165, 1.54) is 12.1 Å². The lowest BCUT2D eigenvalue weighted by atomic mass is 10.0. The summed E-state index contributed by atoms with van der Waals surface area (Å²) in [7, 11) is 0. The second-order valence-corrected chi connectivity index (χ2v) is 6.19. The quantitative estimate of drug-likeness (QED) is 0.377. The number of allylic oxidation sites excluding steroid dienone is 2. The first kappa shape index (κ1) is 20.7. The number of thiocarbonyl (C=S) groups is 1. The molecule has 0 amide bonds. The molecule has 0 saturated heterocycles. The number of hydrogen-bond donors (Lipinski definition) is 3. The van der Waals surface area contributed by atoms with Crippen LogP contribution in [0.5, 0.6) is 0 Å². The molecule has 8 nitrogen and oxygen atoms in total. The normalized spacial score (nSPS) is 12.9. The minimum absolute atomic E-state index is 0. The van der Waals surface area contributed by atoms with E-state index in [9.17, 15) is 10.1 Å². The molecule has 2 aromatic rings. The Kier molecular flexibility index (Phi) is 6.81. The zero-order valence-corrected chi connectivity index (χ0v) is 16.1. The molecule has 0 atom stereocenters. The van der Waals surface area contributed by atoms with Crippen LogP contribution < -0.4 is 21.7 Å². The third-order valence-corrected chi connectivity index (χ3v) is 3.92. The second kappa shape index (κ2) is 8.87. The van der Waals surface area contributed by atoms with Crippen LogP contribution in [0.3, 0.4) is 0 Å². The van der Waals surface area contributed by atoms with Gasteiger partial charge in [-0.15, -0.1) is 17.9 Å². The van der Waals surface area contributed by atoms with Crippen molar-refractivity contribution in [3.8, 4) is 0 Å². The van der Waals surface area contributed by atoms with Gasteiger partial charge in [0.15, 0.2) is 5.11 Å². The standard InChI is InChI=1S/C16H14ClN5O3S.ClH/c17-11-3-1-10-2-4-12(21(14(10)9-11)20-19-16(18)26)5-6-13-7-8-15(25-13)22(23)24;/h1,3-9,20H,2H2,(H3,18,19,26);1H/b6-5+;. The Morgan fingerprint density at radius 2 is 2.15 bits per heavy atom. The Bertz CT molecular complexity index is 929. The largest absolute Gasteiger partial charge is 0.433 e. The van der Waals surface area contributed by atoms with Gasteiger partial charge >= 0.3 is 5.88 Å². The Labute approximate surface area is 171 Å². The summed E-state index contributed by atoms with van der Waals surface area (Å²) in [5, 5.41) is 13.1. The number of nitro groups is 1. The number of fused-ring (bicyclic) bond motifs is 1. The van der Waals surface area contributed by atoms with Crippen molar-refractivity contribution < 1.29 is 9.34 Å². The van der Waals surface area contributed by atoms with Gasteiger partial charge in [0.1, 0.15) is 10.7 Å². The molecule has 1 aliphatic heterocycles. The second-order valence-electron chi connectivity index (χ2n) is 5.31. The molecular weight excluding hydrogens is 413 g/mol. The lowest BCUT2D eigenvalue weighted by Crippen LogP contribution is -2.51. The molecular formula is C16H15Cl2N5O3S. The molecule has 1 aromatic heterocycles. The van der Waals surface area contributed by atoms with Crippen molar-refractivity contribution >= 4 is 59.0 Å². The van der Waals surface area contributed by atoms with E-state index in [0.717, 1.165) is 16.9 Å². The molecule has 3 rings (SSSR count). The monoisotopic (exact) mass is 427 g/mol. The van der Waals surface area contributed by atoms with Gasteiger partial charge in [0.05, 0.1) is 17.5 Å². The number of halogens is 2. The zero-order chi connectivity index (χ0) is 18.7. The fourth-order valence-electron chi connectivity index (χ4n) is 2.44. The maximum absolute atomic E-state index is 10.7. The SMILES string of the molecule is Cl.NC(=S)NNN1C(/C=C/c2ccc([N+](=O)[O-])o2)=CCc2ccc(Cl)cc21. The van der Waals surface area contributed by atoms with Gasteiger partial charge in [0.25, 0.3) is 0 Å². The van der Waals surface area contributed by atoms with Crippen molar-refractivity contribution in [3.05, 3.63) is 74.6 Å². The fraction of sp³-hybridized carbons (Fsp3) is 0.0625. The third-order valence-electron chi connectivity index (χ3n) is 3.58. The van der Waals surface area contributed by atoms with Crippen molar-refractivity contribution in [2.75, 3.05) is 5.01 Å². The average Bonchev–Trinajstić information content (AvgIpc) is 3.07. The molecule has 11 heteroatoms. The van der Waals surface area contributed by atoms with E-state index in [1.807, 2.05) is 24.3 Å². The lowest BCUT2D eigenvalue weighted by Gasteiger charge is -2.31. The number of furan rings is 1. The van der Waals surface area contributed by atoms with Crippen molar-refractivity contribution in [3.63, 3.8) is 0 Å². The summed E-state index contributed by atoms with van der Waals surface area (Å²) >= 11 is 10.9. The maximum Gasteiger partial charge on any atom is 0.433 e. The van der Waals surface area contributed by atoms with Crippen LogP contribution in [0.25, 0.3) is 6.08 Å². The molecule has 142 valence electrons. The number of benzene rings is 1. The van der Waals surface area contributed by atoms with Gasteiger partial charge in [-0.05, 0) is 54.6 Å². The lowest BCUT2D eigenvalue weighted by molar-refractivity contribution is -0.402. The Balaban J connectivity index is 0.00000261. The number of nitrogens with zero attached hydrogens (tertiary/aromatic N) is 2. The van der Waals surface area contributed by atoms with Crippen molar-refractivity contribution in [1.29, 1.82) is 0 Å². The van der Waals surface area contributed by atoms with Crippen LogP contribution in [-0.4, -0.2) is 10.0 Å². The van der Waals surface area contributed by atoms with Crippen LogP contribution in [0.2, 0.25) is 5.02 Å². The van der Waals surface area contributed by atoms with E-state index >= 15 is 0 Å². The highest BCUT2D eigenvalue weighted by Crippen LogP contribution is 2.31. The van der Waals surface area contributed by atoms with Gasteiger partial charge in [0, 0.05) is 5.02 Å². The van der Waals surface area contributed by atoms with E-state index in [0.29, 0.717) is 17.2 Å². The Morgan fingerprint density at radius 3 is 2.81 bits per heavy atom. The van der Waals surface area contributed by atoms with E-state index in [4.69, 9.17) is 34.0 Å². The number of nitrogens with two attached hydrogens (primary N) is 1. The molecule has 0 bridgehead atoms. The molecule has 1 aliphatic rings. The summed E-state index contributed by atoms with van der Waals surface area (Å²) in [5.41, 5.74) is 13.7. The molecule has 0 fully saturated rings. The first-order chi connectivity index (χ1) is 12.4. The maximum atomic E-state index is 10.7. The number of nitrogens with one attached hydrogen (secondary N) is 2. The predicted molar refractivity (Wildman–Crippen MR) is 110 cm³/mol. The third kappa shape index (κ3) is 4.98. The number of anilines is 1. The highest BCUT2D eigenvalue weighted by Gasteiger charge is 2.19. The average molecular weight is 428 g/mol. The molecule has 0 radical (unpaired) electrons. The first-order valence-electron chi connectivity index (χ1n) is 7.46. The summed E-state index contributed by atoms with van der Waals surface area (Å²) < 4.78 is 5.13. The molecule has 0 unspecified atom stereocenters. The molecule has 2 heterocycles. The van der Waals surface area contributed by atoms with E-state index in [2.05, 4.69) is 11.0 Å². The van der Waals surface area contributed by atoms with Gasteiger partial charge in [-0.2, -0.15) is 0 Å². The molecule has 0 saturated carbocycles. The van der Waals surface area contributed by atoms with Gasteiger partial charge in [-0.25, -0.2) is 0 Å². The number of rotatable bonds is 5.